The second kappa shape index (κ2) is 9.67. The van der Waals surface area contributed by atoms with Gasteiger partial charge in [-0.25, -0.2) is 4.99 Å². The maximum atomic E-state index is 13.8. The molecular weight excluding hydrogens is 486 g/mol. The molecule has 2 aromatic heterocycles. The van der Waals surface area contributed by atoms with Crippen molar-refractivity contribution in [2.24, 2.45) is 12.0 Å². The predicted molar refractivity (Wildman–Crippen MR) is 145 cm³/mol. The number of carbonyl (C=O) groups is 1. The lowest BCUT2D eigenvalue weighted by Gasteiger charge is -2.25. The number of ether oxygens (including phenoxy) is 1. The van der Waals surface area contributed by atoms with Gasteiger partial charge in [0.1, 0.15) is 5.75 Å². The molecule has 2 aromatic carbocycles. The summed E-state index contributed by atoms with van der Waals surface area (Å²) >= 11 is 1.31. The van der Waals surface area contributed by atoms with Gasteiger partial charge in [-0.3, -0.25) is 18.8 Å². The largest absolute Gasteiger partial charge is 0.497 e. The number of fused-ring (bicyclic) bond motifs is 1. The van der Waals surface area contributed by atoms with Crippen molar-refractivity contribution in [3.63, 3.8) is 0 Å². The molecule has 1 aliphatic rings. The molecule has 1 unspecified atom stereocenters. The summed E-state index contributed by atoms with van der Waals surface area (Å²) in [5.41, 5.74) is 4.92. The molecule has 8 nitrogen and oxygen atoms in total. The summed E-state index contributed by atoms with van der Waals surface area (Å²) in [5, 5.41) is 7.40. The number of aryl methyl sites for hydroxylation is 3. The van der Waals surface area contributed by atoms with Gasteiger partial charge in [0, 0.05) is 24.5 Å². The van der Waals surface area contributed by atoms with Gasteiger partial charge in [0.05, 0.1) is 34.6 Å². The third-order valence-electron chi connectivity index (χ3n) is 6.43. The van der Waals surface area contributed by atoms with Gasteiger partial charge in [0.2, 0.25) is 0 Å². The summed E-state index contributed by atoms with van der Waals surface area (Å²) in [7, 11) is 3.45. The van der Waals surface area contributed by atoms with Crippen LogP contribution >= 0.6 is 11.3 Å². The van der Waals surface area contributed by atoms with Crippen LogP contribution in [0.5, 0.6) is 5.75 Å². The van der Waals surface area contributed by atoms with Crippen molar-refractivity contribution in [1.29, 1.82) is 0 Å². The fourth-order valence-corrected chi connectivity index (χ4v) is 5.55. The predicted octanol–water partition coefficient (Wildman–Crippen LogP) is 3.23. The van der Waals surface area contributed by atoms with Gasteiger partial charge in [0.15, 0.2) is 4.80 Å². The van der Waals surface area contributed by atoms with Gasteiger partial charge < -0.3 is 10.1 Å². The first-order chi connectivity index (χ1) is 17.8. The van der Waals surface area contributed by atoms with Crippen LogP contribution in [0.4, 0.5) is 5.69 Å². The molecule has 37 heavy (non-hydrogen) atoms. The standard InChI is InChI=1S/C28H27N5O3S/c1-16-8-6-7-9-22(16)30-26(34)24-18(3)29-28-33(25(24)19-10-12-21(36-5)13-11-19)27(35)23(37-28)14-20-15-32(4)31-17(20)2/h6-15,25H,1-5H3,(H,30,34)/b23-14+. The molecule has 0 spiro atoms. The Morgan fingerprint density at radius 3 is 2.49 bits per heavy atom. The SMILES string of the molecule is COc1ccc(C2C(C(=O)Nc3ccccc3C)=C(C)N=c3s/c(=C/c4cn(C)nc4C)c(=O)n32)cc1. The number of carbonyl (C=O) groups excluding carboxylic acids is 1. The van der Waals surface area contributed by atoms with Crippen LogP contribution < -0.4 is 24.9 Å². The summed E-state index contributed by atoms with van der Waals surface area (Å²) in [6.45, 7) is 5.65. The minimum absolute atomic E-state index is 0.207. The van der Waals surface area contributed by atoms with Crippen molar-refractivity contribution < 1.29 is 9.53 Å². The van der Waals surface area contributed by atoms with E-state index in [1.165, 1.54) is 11.3 Å². The minimum atomic E-state index is -0.650. The number of rotatable bonds is 5. The highest BCUT2D eigenvalue weighted by Crippen LogP contribution is 2.32. The molecule has 3 heterocycles. The highest BCUT2D eigenvalue weighted by Gasteiger charge is 2.32. The molecule has 5 rings (SSSR count). The summed E-state index contributed by atoms with van der Waals surface area (Å²) < 4.78 is 9.19. The van der Waals surface area contributed by atoms with E-state index in [2.05, 4.69) is 10.4 Å². The van der Waals surface area contributed by atoms with Crippen molar-refractivity contribution in [2.75, 3.05) is 12.4 Å². The Bertz CT molecular complexity index is 1720. The van der Waals surface area contributed by atoms with Crippen LogP contribution in [0.3, 0.4) is 0 Å². The van der Waals surface area contributed by atoms with Gasteiger partial charge >= 0.3 is 0 Å². The van der Waals surface area contributed by atoms with Crippen LogP contribution in [0, 0.1) is 13.8 Å². The highest BCUT2D eigenvalue weighted by molar-refractivity contribution is 7.07. The lowest BCUT2D eigenvalue weighted by Crippen LogP contribution is -2.40. The van der Waals surface area contributed by atoms with E-state index in [-0.39, 0.29) is 11.5 Å². The van der Waals surface area contributed by atoms with Crippen LogP contribution in [-0.2, 0) is 11.8 Å². The average molecular weight is 514 g/mol. The smallest absolute Gasteiger partial charge is 0.271 e. The zero-order chi connectivity index (χ0) is 26.3. The van der Waals surface area contributed by atoms with E-state index >= 15 is 0 Å². The lowest BCUT2D eigenvalue weighted by molar-refractivity contribution is -0.113. The lowest BCUT2D eigenvalue weighted by atomic mass is 9.95. The maximum Gasteiger partial charge on any atom is 0.271 e. The van der Waals surface area contributed by atoms with E-state index in [1.807, 2.05) is 88.6 Å². The molecule has 188 valence electrons. The second-order valence-corrected chi connectivity index (χ2v) is 9.98. The molecule has 4 aromatic rings. The van der Waals surface area contributed by atoms with Crippen LogP contribution in [0.25, 0.3) is 6.08 Å². The number of para-hydroxylation sites is 1. The Hall–Kier alpha value is -4.24. The summed E-state index contributed by atoms with van der Waals surface area (Å²) in [6, 6.07) is 14.4. The third kappa shape index (κ3) is 4.53. The molecule has 0 bridgehead atoms. The van der Waals surface area contributed by atoms with Crippen LogP contribution in [0.1, 0.15) is 35.3 Å². The number of aromatic nitrogens is 3. The Labute approximate surface area is 217 Å². The molecule has 0 radical (unpaired) electrons. The molecule has 1 amide bonds. The van der Waals surface area contributed by atoms with E-state index in [1.54, 1.807) is 16.4 Å². The zero-order valence-electron chi connectivity index (χ0n) is 21.3. The van der Waals surface area contributed by atoms with Crippen molar-refractivity contribution in [3.05, 3.63) is 108 Å². The minimum Gasteiger partial charge on any atom is -0.497 e. The first-order valence-electron chi connectivity index (χ1n) is 11.8. The van der Waals surface area contributed by atoms with Crippen molar-refractivity contribution in [1.82, 2.24) is 14.3 Å². The van der Waals surface area contributed by atoms with Crippen LogP contribution in [0.15, 0.2) is 75.8 Å². The number of thiazole rings is 1. The van der Waals surface area contributed by atoms with E-state index < -0.39 is 6.04 Å². The summed E-state index contributed by atoms with van der Waals surface area (Å²) in [6.07, 6.45) is 3.71. The first-order valence-corrected chi connectivity index (χ1v) is 12.6. The molecule has 1 N–H and O–H groups in total. The zero-order valence-corrected chi connectivity index (χ0v) is 22.1. The Morgan fingerprint density at radius 1 is 1.11 bits per heavy atom. The number of hydrogen-bond donors (Lipinski definition) is 1. The van der Waals surface area contributed by atoms with Gasteiger partial charge in [-0.2, -0.15) is 5.10 Å². The molecule has 0 fully saturated rings. The van der Waals surface area contributed by atoms with Gasteiger partial charge in [-0.15, -0.1) is 0 Å². The molecule has 1 atom stereocenters. The Kier molecular flexibility index (Phi) is 6.39. The van der Waals surface area contributed by atoms with Crippen LogP contribution in [-0.4, -0.2) is 27.4 Å². The van der Waals surface area contributed by atoms with Gasteiger partial charge in [0.25, 0.3) is 11.5 Å². The van der Waals surface area contributed by atoms with Crippen molar-refractivity contribution >= 4 is 29.0 Å². The van der Waals surface area contributed by atoms with E-state index in [0.29, 0.717) is 32.0 Å². The highest BCUT2D eigenvalue weighted by atomic mass is 32.1. The average Bonchev–Trinajstić information content (AvgIpc) is 3.36. The van der Waals surface area contributed by atoms with E-state index in [4.69, 9.17) is 9.73 Å². The van der Waals surface area contributed by atoms with E-state index in [9.17, 15) is 9.59 Å². The fraction of sp³-hybridized carbons (Fsp3) is 0.214. The monoisotopic (exact) mass is 513 g/mol. The number of hydrogen-bond acceptors (Lipinski definition) is 6. The number of benzene rings is 2. The summed E-state index contributed by atoms with van der Waals surface area (Å²) in [5.74, 6) is 0.392. The number of nitrogens with one attached hydrogen (secondary N) is 1. The molecule has 0 saturated heterocycles. The quantitative estimate of drug-likeness (QED) is 0.444. The Balaban J connectivity index is 1.68. The molecule has 1 aliphatic heterocycles. The summed E-state index contributed by atoms with van der Waals surface area (Å²) in [4.78, 5) is 32.8. The molecular formula is C28H27N5O3S. The second-order valence-electron chi connectivity index (χ2n) is 8.97. The Morgan fingerprint density at radius 2 is 1.84 bits per heavy atom. The normalized spacial score (nSPS) is 15.4. The van der Waals surface area contributed by atoms with Gasteiger partial charge in [-0.05, 0) is 56.2 Å². The third-order valence-corrected chi connectivity index (χ3v) is 7.41. The van der Waals surface area contributed by atoms with E-state index in [0.717, 1.165) is 22.4 Å². The topological polar surface area (TPSA) is 90.5 Å². The number of amides is 1. The van der Waals surface area contributed by atoms with Crippen LogP contribution in [0.2, 0.25) is 0 Å². The number of allylic oxidation sites excluding steroid dienone is 1. The maximum absolute atomic E-state index is 13.8. The number of anilines is 1. The number of nitrogens with zero attached hydrogens (tertiary/aromatic N) is 4. The number of methoxy groups -OCH3 is 1. The fourth-order valence-electron chi connectivity index (χ4n) is 4.52. The first kappa shape index (κ1) is 24.5. The van der Waals surface area contributed by atoms with Crippen molar-refractivity contribution in [2.45, 2.75) is 26.8 Å². The van der Waals surface area contributed by atoms with Crippen molar-refractivity contribution in [3.8, 4) is 5.75 Å². The molecule has 9 heteroatoms. The molecule has 0 aliphatic carbocycles. The molecule has 0 saturated carbocycles. The van der Waals surface area contributed by atoms with Gasteiger partial charge in [-0.1, -0.05) is 41.7 Å².